The largest absolute Gasteiger partial charge is 0.380 e. The topological polar surface area (TPSA) is 63.9 Å². The Morgan fingerprint density at radius 3 is 3.15 bits per heavy atom. The van der Waals surface area contributed by atoms with Crippen LogP contribution in [0.3, 0.4) is 0 Å². The van der Waals surface area contributed by atoms with Gasteiger partial charge in [0.05, 0.1) is 12.0 Å². The summed E-state index contributed by atoms with van der Waals surface area (Å²) >= 11 is 0. The maximum atomic E-state index is 5.50. The van der Waals surface area contributed by atoms with Crippen LogP contribution in [-0.4, -0.2) is 23.2 Å². The fraction of sp³-hybridized carbons (Fsp3) is 0.667. The molecule has 4 nitrogen and oxygen atoms in total. The Morgan fingerprint density at radius 1 is 1.77 bits per heavy atom. The lowest BCUT2D eigenvalue weighted by atomic mass is 9.89. The molecular weight excluding hydrogens is 166 g/mol. The Kier molecular flexibility index (Phi) is 2.09. The SMILES string of the molecule is CC1(c2ncc(CN)[nH]2)CCOC1. The van der Waals surface area contributed by atoms with E-state index in [1.54, 1.807) is 6.20 Å². The van der Waals surface area contributed by atoms with Crippen LogP contribution in [0.15, 0.2) is 6.20 Å². The van der Waals surface area contributed by atoms with Crippen molar-refractivity contribution >= 4 is 0 Å². The smallest absolute Gasteiger partial charge is 0.114 e. The van der Waals surface area contributed by atoms with E-state index in [0.717, 1.165) is 31.2 Å². The van der Waals surface area contributed by atoms with E-state index in [0.29, 0.717) is 6.54 Å². The standard InChI is InChI=1S/C9H15N3O/c1-9(2-3-13-6-9)8-11-5-7(4-10)12-8/h5H,2-4,6,10H2,1H3,(H,11,12). The molecule has 0 saturated carbocycles. The van der Waals surface area contributed by atoms with Crippen LogP contribution in [0.25, 0.3) is 0 Å². The van der Waals surface area contributed by atoms with E-state index in [9.17, 15) is 0 Å². The molecule has 3 N–H and O–H groups in total. The van der Waals surface area contributed by atoms with Crippen molar-refractivity contribution in [3.05, 3.63) is 17.7 Å². The van der Waals surface area contributed by atoms with Gasteiger partial charge < -0.3 is 15.5 Å². The van der Waals surface area contributed by atoms with Crippen LogP contribution in [-0.2, 0) is 16.7 Å². The Hall–Kier alpha value is -0.870. The van der Waals surface area contributed by atoms with Crippen molar-refractivity contribution < 1.29 is 4.74 Å². The molecule has 1 aromatic heterocycles. The van der Waals surface area contributed by atoms with Crippen LogP contribution in [0.1, 0.15) is 24.9 Å². The van der Waals surface area contributed by atoms with Gasteiger partial charge in [-0.2, -0.15) is 0 Å². The second-order valence-electron chi connectivity index (χ2n) is 3.82. The summed E-state index contributed by atoms with van der Waals surface area (Å²) in [5.41, 5.74) is 6.55. The van der Waals surface area contributed by atoms with Gasteiger partial charge in [-0.1, -0.05) is 6.92 Å². The van der Waals surface area contributed by atoms with Crippen LogP contribution >= 0.6 is 0 Å². The van der Waals surface area contributed by atoms with Gasteiger partial charge in [0.2, 0.25) is 0 Å². The lowest BCUT2D eigenvalue weighted by molar-refractivity contribution is 0.179. The normalized spacial score (nSPS) is 28.2. The van der Waals surface area contributed by atoms with Crippen LogP contribution in [0.2, 0.25) is 0 Å². The van der Waals surface area contributed by atoms with Crippen molar-refractivity contribution in [2.24, 2.45) is 5.73 Å². The van der Waals surface area contributed by atoms with E-state index in [4.69, 9.17) is 10.5 Å². The molecule has 1 aliphatic heterocycles. The molecule has 0 aliphatic carbocycles. The first-order valence-electron chi connectivity index (χ1n) is 4.57. The summed E-state index contributed by atoms with van der Waals surface area (Å²) in [4.78, 5) is 7.55. The number of aromatic amines is 1. The highest BCUT2D eigenvalue weighted by Gasteiger charge is 2.34. The summed E-state index contributed by atoms with van der Waals surface area (Å²) in [5.74, 6) is 1.01. The molecule has 0 aromatic carbocycles. The van der Waals surface area contributed by atoms with Crippen molar-refractivity contribution in [3.8, 4) is 0 Å². The van der Waals surface area contributed by atoms with E-state index < -0.39 is 0 Å². The molecule has 1 atom stereocenters. The predicted octanol–water partition coefficient (Wildman–Crippen LogP) is 0.546. The van der Waals surface area contributed by atoms with E-state index in [2.05, 4.69) is 16.9 Å². The molecule has 2 heterocycles. The van der Waals surface area contributed by atoms with Gasteiger partial charge in [-0.3, -0.25) is 0 Å². The number of imidazole rings is 1. The van der Waals surface area contributed by atoms with E-state index >= 15 is 0 Å². The van der Waals surface area contributed by atoms with Gasteiger partial charge in [-0.15, -0.1) is 0 Å². The van der Waals surface area contributed by atoms with Crippen molar-refractivity contribution in [1.82, 2.24) is 9.97 Å². The van der Waals surface area contributed by atoms with Crippen molar-refractivity contribution in [2.45, 2.75) is 25.3 Å². The number of ether oxygens (including phenoxy) is 1. The summed E-state index contributed by atoms with van der Waals surface area (Å²) in [7, 11) is 0. The highest BCUT2D eigenvalue weighted by Crippen LogP contribution is 2.30. The first-order valence-corrected chi connectivity index (χ1v) is 4.57. The number of aromatic nitrogens is 2. The number of rotatable bonds is 2. The second-order valence-corrected chi connectivity index (χ2v) is 3.82. The van der Waals surface area contributed by atoms with Gasteiger partial charge in [-0.25, -0.2) is 4.98 Å². The second kappa shape index (κ2) is 3.12. The fourth-order valence-electron chi connectivity index (χ4n) is 1.62. The number of nitrogens with zero attached hydrogens (tertiary/aromatic N) is 1. The molecule has 1 aromatic rings. The molecule has 72 valence electrons. The third-order valence-corrected chi connectivity index (χ3v) is 2.64. The quantitative estimate of drug-likeness (QED) is 0.700. The van der Waals surface area contributed by atoms with E-state index in [1.165, 1.54) is 0 Å². The summed E-state index contributed by atoms with van der Waals surface area (Å²) < 4.78 is 5.37. The lowest BCUT2D eigenvalue weighted by Crippen LogP contribution is -2.23. The Morgan fingerprint density at radius 2 is 2.62 bits per heavy atom. The van der Waals surface area contributed by atoms with Crippen LogP contribution in [0, 0.1) is 0 Å². The number of hydrogen-bond donors (Lipinski definition) is 2. The van der Waals surface area contributed by atoms with Crippen LogP contribution in [0.5, 0.6) is 0 Å². The first-order chi connectivity index (χ1) is 6.24. The molecule has 1 unspecified atom stereocenters. The van der Waals surface area contributed by atoms with Gasteiger partial charge >= 0.3 is 0 Å². The fourth-order valence-corrected chi connectivity index (χ4v) is 1.62. The minimum Gasteiger partial charge on any atom is -0.380 e. The Labute approximate surface area is 77.5 Å². The van der Waals surface area contributed by atoms with E-state index in [1.807, 2.05) is 0 Å². The average molecular weight is 181 g/mol. The molecule has 1 saturated heterocycles. The minimum absolute atomic E-state index is 0.0629. The van der Waals surface area contributed by atoms with Gasteiger partial charge in [-0.05, 0) is 6.42 Å². The van der Waals surface area contributed by atoms with Crippen LogP contribution < -0.4 is 5.73 Å². The van der Waals surface area contributed by atoms with Gasteiger partial charge in [0.25, 0.3) is 0 Å². The number of hydrogen-bond acceptors (Lipinski definition) is 3. The van der Waals surface area contributed by atoms with Crippen molar-refractivity contribution in [2.75, 3.05) is 13.2 Å². The highest BCUT2D eigenvalue weighted by atomic mass is 16.5. The highest BCUT2D eigenvalue weighted by molar-refractivity contribution is 5.12. The maximum absolute atomic E-state index is 5.50. The molecule has 13 heavy (non-hydrogen) atoms. The first kappa shape index (κ1) is 8.72. The monoisotopic (exact) mass is 181 g/mol. The number of nitrogens with one attached hydrogen (secondary N) is 1. The molecule has 0 radical (unpaired) electrons. The molecule has 1 fully saturated rings. The molecule has 2 rings (SSSR count). The van der Waals surface area contributed by atoms with Crippen molar-refractivity contribution in [1.29, 1.82) is 0 Å². The Bertz CT molecular complexity index is 289. The summed E-state index contributed by atoms with van der Waals surface area (Å²) in [6, 6.07) is 0. The van der Waals surface area contributed by atoms with E-state index in [-0.39, 0.29) is 5.41 Å². The molecule has 0 spiro atoms. The number of H-pyrrole nitrogens is 1. The maximum Gasteiger partial charge on any atom is 0.114 e. The average Bonchev–Trinajstić information content (AvgIpc) is 2.72. The van der Waals surface area contributed by atoms with Gasteiger partial charge in [0, 0.05) is 25.0 Å². The zero-order valence-corrected chi connectivity index (χ0v) is 7.84. The van der Waals surface area contributed by atoms with Gasteiger partial charge in [0.15, 0.2) is 0 Å². The summed E-state index contributed by atoms with van der Waals surface area (Å²) in [5, 5.41) is 0. The zero-order chi connectivity index (χ0) is 9.31. The third-order valence-electron chi connectivity index (χ3n) is 2.64. The molecule has 0 amide bonds. The molecular formula is C9H15N3O. The number of nitrogens with two attached hydrogens (primary N) is 1. The summed E-state index contributed by atoms with van der Waals surface area (Å²) in [6.07, 6.45) is 2.84. The third kappa shape index (κ3) is 1.47. The summed E-state index contributed by atoms with van der Waals surface area (Å²) in [6.45, 7) is 4.27. The molecule has 4 heteroatoms. The minimum atomic E-state index is 0.0629. The lowest BCUT2D eigenvalue weighted by Gasteiger charge is -2.17. The van der Waals surface area contributed by atoms with Crippen molar-refractivity contribution in [3.63, 3.8) is 0 Å². The molecule has 1 aliphatic rings. The van der Waals surface area contributed by atoms with Gasteiger partial charge in [0.1, 0.15) is 5.82 Å². The Balaban J connectivity index is 2.23. The molecule has 0 bridgehead atoms. The zero-order valence-electron chi connectivity index (χ0n) is 7.84. The predicted molar refractivity (Wildman–Crippen MR) is 49.3 cm³/mol. The van der Waals surface area contributed by atoms with Crippen LogP contribution in [0.4, 0.5) is 0 Å².